The number of aryl methyl sites for hydroxylation is 1. The van der Waals surface area contributed by atoms with Crippen molar-refractivity contribution >= 4 is 29.5 Å². The summed E-state index contributed by atoms with van der Waals surface area (Å²) in [5.74, 6) is -1.05. The highest BCUT2D eigenvalue weighted by molar-refractivity contribution is 8.04. The summed E-state index contributed by atoms with van der Waals surface area (Å²) in [4.78, 5) is 27.0. The van der Waals surface area contributed by atoms with Crippen LogP contribution < -0.4 is 0 Å². The SMILES string of the molecule is Cc1cccc(CN(CCN(Cc2ccc(SC#N)cc2)Cc2cccc(C(=O)O)n2)Cc2ccc(SC#N)cc2)n1. The van der Waals surface area contributed by atoms with Crippen molar-refractivity contribution in [3.05, 3.63) is 119 Å². The van der Waals surface area contributed by atoms with Gasteiger partial charge in [-0.2, -0.15) is 10.5 Å². The molecule has 2 heterocycles. The van der Waals surface area contributed by atoms with Crippen LogP contribution in [0.25, 0.3) is 0 Å². The van der Waals surface area contributed by atoms with Crippen LogP contribution >= 0.6 is 23.5 Å². The number of rotatable bonds is 14. The zero-order valence-corrected chi connectivity index (χ0v) is 24.8. The van der Waals surface area contributed by atoms with Crippen molar-refractivity contribution in [2.75, 3.05) is 13.1 Å². The van der Waals surface area contributed by atoms with E-state index < -0.39 is 5.97 Å². The molecule has 0 radical (unpaired) electrons. The number of benzene rings is 2. The van der Waals surface area contributed by atoms with Gasteiger partial charge in [-0.15, -0.1) is 0 Å². The minimum absolute atomic E-state index is 0.0236. The smallest absolute Gasteiger partial charge is 0.354 e. The molecule has 0 aliphatic rings. The van der Waals surface area contributed by atoms with Crippen LogP contribution in [0.4, 0.5) is 0 Å². The molecule has 212 valence electrons. The van der Waals surface area contributed by atoms with Crippen LogP contribution in [0, 0.1) is 28.3 Å². The van der Waals surface area contributed by atoms with E-state index >= 15 is 0 Å². The van der Waals surface area contributed by atoms with Crippen LogP contribution in [-0.2, 0) is 26.2 Å². The third-order valence-electron chi connectivity index (χ3n) is 6.46. The van der Waals surface area contributed by atoms with E-state index in [9.17, 15) is 9.90 Å². The van der Waals surface area contributed by atoms with Crippen molar-refractivity contribution in [1.82, 2.24) is 19.8 Å². The third kappa shape index (κ3) is 9.72. The third-order valence-corrected chi connectivity index (χ3v) is 7.66. The van der Waals surface area contributed by atoms with Crippen LogP contribution in [0.1, 0.15) is 38.7 Å². The highest BCUT2D eigenvalue weighted by Gasteiger charge is 2.15. The molecule has 0 bridgehead atoms. The number of nitriles is 2. The Hall–Kier alpha value is -4.19. The average molecular weight is 595 g/mol. The predicted molar refractivity (Wildman–Crippen MR) is 164 cm³/mol. The molecule has 10 heteroatoms. The fraction of sp³-hybridized carbons (Fsp3) is 0.219. The van der Waals surface area contributed by atoms with Crippen LogP contribution in [0.5, 0.6) is 0 Å². The molecule has 0 spiro atoms. The second-order valence-corrected chi connectivity index (χ2v) is 11.4. The van der Waals surface area contributed by atoms with Gasteiger partial charge in [0.2, 0.25) is 0 Å². The number of nitrogens with zero attached hydrogens (tertiary/aromatic N) is 6. The highest BCUT2D eigenvalue weighted by atomic mass is 32.2. The summed E-state index contributed by atoms with van der Waals surface area (Å²) >= 11 is 2.27. The number of carbonyl (C=O) groups is 1. The van der Waals surface area contributed by atoms with Crippen molar-refractivity contribution in [1.29, 1.82) is 10.5 Å². The number of aromatic nitrogens is 2. The summed E-state index contributed by atoms with van der Waals surface area (Å²) in [6, 6.07) is 27.1. The normalized spacial score (nSPS) is 10.9. The van der Waals surface area contributed by atoms with Crippen molar-refractivity contribution in [3.8, 4) is 10.8 Å². The van der Waals surface area contributed by atoms with Gasteiger partial charge >= 0.3 is 5.97 Å². The number of pyridine rings is 2. The lowest BCUT2D eigenvalue weighted by Gasteiger charge is -2.28. The number of aromatic carboxylic acids is 1. The molecule has 0 saturated heterocycles. The Kier molecular flexibility index (Phi) is 11.5. The van der Waals surface area contributed by atoms with E-state index in [0.717, 1.165) is 62.4 Å². The Balaban J connectivity index is 1.54. The molecule has 42 heavy (non-hydrogen) atoms. The lowest BCUT2D eigenvalue weighted by molar-refractivity contribution is 0.0689. The van der Waals surface area contributed by atoms with Crippen molar-refractivity contribution in [2.24, 2.45) is 0 Å². The Bertz CT molecular complexity index is 1570. The molecule has 2 aromatic heterocycles. The number of hydrogen-bond donors (Lipinski definition) is 1. The number of carboxylic acids is 1. The van der Waals surface area contributed by atoms with E-state index in [1.54, 1.807) is 6.07 Å². The number of carboxylic acid groups (broad SMARTS) is 1. The molecule has 0 atom stereocenters. The summed E-state index contributed by atoms with van der Waals surface area (Å²) in [7, 11) is 0. The number of thioether (sulfide) groups is 2. The molecular formula is C32H30N6O2S2. The Morgan fingerprint density at radius 1 is 0.714 bits per heavy atom. The van der Waals surface area contributed by atoms with Crippen molar-refractivity contribution in [3.63, 3.8) is 0 Å². The largest absolute Gasteiger partial charge is 0.477 e. The van der Waals surface area contributed by atoms with Crippen LogP contribution in [0.2, 0.25) is 0 Å². The molecule has 4 rings (SSSR count). The molecule has 0 saturated carbocycles. The first-order valence-electron chi connectivity index (χ1n) is 13.3. The van der Waals surface area contributed by atoms with E-state index in [2.05, 4.69) is 37.7 Å². The molecule has 1 N–H and O–H groups in total. The van der Waals surface area contributed by atoms with Gasteiger partial charge in [0.1, 0.15) is 16.5 Å². The van der Waals surface area contributed by atoms with Crippen LogP contribution in [0.3, 0.4) is 0 Å². The zero-order chi connectivity index (χ0) is 29.7. The number of thiocyanates is 2. The molecule has 0 fully saturated rings. The Morgan fingerprint density at radius 3 is 1.64 bits per heavy atom. The summed E-state index contributed by atoms with van der Waals surface area (Å²) in [5.41, 5.74) is 4.88. The van der Waals surface area contributed by atoms with Gasteiger partial charge in [0.05, 0.1) is 11.4 Å². The van der Waals surface area contributed by atoms with Gasteiger partial charge in [0.25, 0.3) is 0 Å². The molecule has 4 aromatic rings. The molecule has 0 aliphatic heterocycles. The molecule has 8 nitrogen and oxygen atoms in total. The summed E-state index contributed by atoms with van der Waals surface area (Å²) in [6.07, 6.45) is 0. The predicted octanol–water partition coefficient (Wildman–Crippen LogP) is 6.33. The second-order valence-electron chi connectivity index (χ2n) is 9.69. The van der Waals surface area contributed by atoms with E-state index in [4.69, 9.17) is 15.5 Å². The monoisotopic (exact) mass is 594 g/mol. The standard InChI is InChI=1S/C32H30N6O2S2/c1-24-4-2-5-27(35-24)20-37(18-25-8-12-29(13-9-25)41-22-33)16-17-38(19-26-10-14-30(15-11-26)42-23-34)21-28-6-3-7-31(36-28)32(39)40/h2-15H,16-21H2,1H3,(H,39,40). The first-order valence-corrected chi connectivity index (χ1v) is 14.9. The Labute approximate surface area is 254 Å². The van der Waals surface area contributed by atoms with Gasteiger partial charge in [-0.25, -0.2) is 9.78 Å². The highest BCUT2D eigenvalue weighted by Crippen LogP contribution is 2.20. The molecule has 0 unspecified atom stereocenters. The molecule has 2 aromatic carbocycles. The first-order chi connectivity index (χ1) is 20.4. The van der Waals surface area contributed by atoms with Crippen molar-refractivity contribution < 1.29 is 9.90 Å². The fourth-order valence-electron chi connectivity index (χ4n) is 4.49. The average Bonchev–Trinajstić information content (AvgIpc) is 2.98. The van der Waals surface area contributed by atoms with Crippen molar-refractivity contribution in [2.45, 2.75) is 42.9 Å². The Morgan fingerprint density at radius 2 is 1.19 bits per heavy atom. The first kappa shape index (κ1) is 30.8. The van der Waals surface area contributed by atoms with Gasteiger partial charge in [0.15, 0.2) is 0 Å². The molecular weight excluding hydrogens is 565 g/mol. The van der Waals surface area contributed by atoms with E-state index in [0.29, 0.717) is 38.4 Å². The van der Waals surface area contributed by atoms with Gasteiger partial charge in [-0.1, -0.05) is 36.4 Å². The van der Waals surface area contributed by atoms with Crippen LogP contribution in [-0.4, -0.2) is 43.9 Å². The lowest BCUT2D eigenvalue weighted by Crippen LogP contribution is -2.34. The van der Waals surface area contributed by atoms with Gasteiger partial charge in [0, 0.05) is 54.8 Å². The van der Waals surface area contributed by atoms with Gasteiger partial charge in [-0.05, 0) is 90.1 Å². The maximum atomic E-state index is 11.5. The van der Waals surface area contributed by atoms with Gasteiger partial charge < -0.3 is 5.11 Å². The summed E-state index contributed by atoms with van der Waals surface area (Å²) in [6.45, 7) is 5.89. The molecule has 0 amide bonds. The molecule has 0 aliphatic carbocycles. The minimum atomic E-state index is -1.05. The van der Waals surface area contributed by atoms with Gasteiger partial charge in [-0.3, -0.25) is 14.8 Å². The topological polar surface area (TPSA) is 117 Å². The minimum Gasteiger partial charge on any atom is -0.477 e. The van der Waals surface area contributed by atoms with E-state index in [1.807, 2.05) is 67.6 Å². The maximum absolute atomic E-state index is 11.5. The fourth-order valence-corrected chi connectivity index (χ4v) is 5.25. The lowest BCUT2D eigenvalue weighted by atomic mass is 10.2. The summed E-state index contributed by atoms with van der Waals surface area (Å²) < 4.78 is 0. The maximum Gasteiger partial charge on any atom is 0.354 e. The van der Waals surface area contributed by atoms with E-state index in [1.165, 1.54) is 6.07 Å². The second kappa shape index (κ2) is 15.7. The quantitative estimate of drug-likeness (QED) is 0.131. The van der Waals surface area contributed by atoms with E-state index in [-0.39, 0.29) is 5.69 Å². The zero-order valence-electron chi connectivity index (χ0n) is 23.2. The number of hydrogen-bond acceptors (Lipinski definition) is 9. The summed E-state index contributed by atoms with van der Waals surface area (Å²) in [5, 5.41) is 31.6. The van der Waals surface area contributed by atoms with Crippen LogP contribution in [0.15, 0.2) is 94.7 Å².